The average Bonchev–Trinajstić information content (AvgIpc) is 3.74. The number of carboxylic acids is 1. The molecule has 0 bridgehead atoms. The standard InChI is InChI=1S/C36H35N5O5/c1-39-32-26(11-21(13-29(32)46-2)34(43)41-17-23-14-22-15-30(41)36(22,23)37)38-33(39)27-12-20-4-3-5-24(31(20)40(27)16-18-6-7-18)19-8-9-28(42)25(10-19)35(44)45/h3-5,8-13,18,22-23,30,42H,6-7,14-17,37H2,1-2H3,(H,44,45)/t22?,23-,30-,36-/m1/s1. The maximum Gasteiger partial charge on any atom is 0.339 e. The number of aromatic nitrogens is 3. The molecule has 1 saturated heterocycles. The van der Waals surface area contributed by atoms with Crippen molar-refractivity contribution < 1.29 is 24.5 Å². The Morgan fingerprint density at radius 2 is 1.89 bits per heavy atom. The van der Waals surface area contributed by atoms with Gasteiger partial charge in [0.2, 0.25) is 0 Å². The molecule has 4 fully saturated rings. The van der Waals surface area contributed by atoms with Crippen LogP contribution in [0.4, 0.5) is 0 Å². The fourth-order valence-corrected chi connectivity index (χ4v) is 8.65. The number of carbonyl (C=O) groups excluding carboxylic acids is 1. The lowest BCUT2D eigenvalue weighted by atomic mass is 9.47. The number of aromatic carboxylic acids is 1. The normalized spacial score (nSPS) is 24.6. The molecule has 3 aromatic carbocycles. The Bertz CT molecular complexity index is 2140. The number of benzene rings is 3. The number of amides is 1. The number of hydrogen-bond acceptors (Lipinski definition) is 6. The summed E-state index contributed by atoms with van der Waals surface area (Å²) in [7, 11) is 3.59. The highest BCUT2D eigenvalue weighted by atomic mass is 16.5. The second-order valence-corrected chi connectivity index (χ2v) is 13.7. The Balaban J connectivity index is 1.18. The smallest absolute Gasteiger partial charge is 0.339 e. The molecule has 10 nitrogen and oxygen atoms in total. The fourth-order valence-electron chi connectivity index (χ4n) is 8.65. The van der Waals surface area contributed by atoms with Crippen molar-refractivity contribution in [2.45, 2.75) is 43.8 Å². The van der Waals surface area contributed by atoms with Gasteiger partial charge in [-0.15, -0.1) is 0 Å². The first-order valence-electron chi connectivity index (χ1n) is 16.0. The molecule has 4 N–H and O–H groups in total. The third-order valence-electron chi connectivity index (χ3n) is 11.3. The van der Waals surface area contributed by atoms with Crippen LogP contribution >= 0.6 is 0 Å². The van der Waals surface area contributed by atoms with E-state index in [1.165, 1.54) is 12.1 Å². The molecule has 3 heterocycles. The zero-order valence-electron chi connectivity index (χ0n) is 25.7. The monoisotopic (exact) mass is 617 g/mol. The number of rotatable bonds is 7. The van der Waals surface area contributed by atoms with Gasteiger partial charge in [0.25, 0.3) is 5.91 Å². The second-order valence-electron chi connectivity index (χ2n) is 13.7. The highest BCUT2D eigenvalue weighted by Crippen LogP contribution is 2.62. The van der Waals surface area contributed by atoms with Crippen LogP contribution in [0.5, 0.6) is 11.5 Å². The molecule has 4 atom stereocenters. The Kier molecular flexibility index (Phi) is 5.59. The van der Waals surface area contributed by atoms with E-state index >= 15 is 0 Å². The third kappa shape index (κ3) is 3.64. The minimum absolute atomic E-state index is 0.0165. The number of nitrogens with zero attached hydrogens (tertiary/aromatic N) is 4. The number of nitrogens with two attached hydrogens (primary N) is 1. The van der Waals surface area contributed by atoms with Gasteiger partial charge in [0.1, 0.15) is 22.6 Å². The van der Waals surface area contributed by atoms with Crippen LogP contribution in [-0.4, -0.2) is 66.3 Å². The quantitative estimate of drug-likeness (QED) is 0.227. The van der Waals surface area contributed by atoms with Crippen molar-refractivity contribution in [1.29, 1.82) is 0 Å². The maximum absolute atomic E-state index is 13.9. The van der Waals surface area contributed by atoms with Crippen LogP contribution in [0.3, 0.4) is 0 Å². The van der Waals surface area contributed by atoms with Gasteiger partial charge in [-0.2, -0.15) is 0 Å². The van der Waals surface area contributed by atoms with Crippen LogP contribution in [0.15, 0.2) is 54.6 Å². The summed E-state index contributed by atoms with van der Waals surface area (Å²) >= 11 is 0. The third-order valence-corrected chi connectivity index (χ3v) is 11.3. The van der Waals surface area contributed by atoms with Crippen LogP contribution in [0.1, 0.15) is 46.4 Å². The van der Waals surface area contributed by atoms with E-state index in [9.17, 15) is 19.8 Å². The van der Waals surface area contributed by atoms with Gasteiger partial charge in [0.05, 0.1) is 29.9 Å². The molecule has 2 aromatic heterocycles. The Labute approximate surface area is 265 Å². The number of likely N-dealkylation sites (tertiary alicyclic amines) is 1. The fraction of sp³-hybridized carbons (Fsp3) is 0.361. The number of para-hydroxylation sites is 1. The number of phenols is 1. The van der Waals surface area contributed by atoms with E-state index in [0.29, 0.717) is 46.7 Å². The van der Waals surface area contributed by atoms with Crippen LogP contribution < -0.4 is 10.5 Å². The summed E-state index contributed by atoms with van der Waals surface area (Å²) in [6.45, 7) is 1.51. The van der Waals surface area contributed by atoms with Crippen LogP contribution in [-0.2, 0) is 13.6 Å². The van der Waals surface area contributed by atoms with Crippen molar-refractivity contribution in [3.8, 4) is 34.1 Å². The summed E-state index contributed by atoms with van der Waals surface area (Å²) in [4.78, 5) is 32.9. The summed E-state index contributed by atoms with van der Waals surface area (Å²) < 4.78 is 10.2. The number of imidazole rings is 1. The molecule has 0 radical (unpaired) electrons. The predicted octanol–water partition coefficient (Wildman–Crippen LogP) is 5.25. The molecule has 1 unspecified atom stereocenters. The lowest BCUT2D eigenvalue weighted by Gasteiger charge is -2.61. The lowest BCUT2D eigenvalue weighted by Crippen LogP contribution is -2.75. The zero-order valence-corrected chi connectivity index (χ0v) is 25.7. The van der Waals surface area contributed by atoms with Crippen molar-refractivity contribution in [2.75, 3.05) is 13.7 Å². The van der Waals surface area contributed by atoms with Crippen LogP contribution in [0.25, 0.3) is 44.6 Å². The van der Waals surface area contributed by atoms with Gasteiger partial charge in [0.15, 0.2) is 5.82 Å². The van der Waals surface area contributed by atoms with Gasteiger partial charge in [-0.1, -0.05) is 24.3 Å². The average molecular weight is 618 g/mol. The summed E-state index contributed by atoms with van der Waals surface area (Å²) in [5.41, 5.74) is 12.0. The summed E-state index contributed by atoms with van der Waals surface area (Å²) in [6.07, 6.45) is 4.40. The van der Waals surface area contributed by atoms with Crippen molar-refractivity contribution in [2.24, 2.45) is 30.5 Å². The predicted molar refractivity (Wildman–Crippen MR) is 173 cm³/mol. The summed E-state index contributed by atoms with van der Waals surface area (Å²) in [5, 5.41) is 20.9. The van der Waals surface area contributed by atoms with Gasteiger partial charge in [-0.3, -0.25) is 4.79 Å². The minimum Gasteiger partial charge on any atom is -0.507 e. The van der Waals surface area contributed by atoms with E-state index in [1.54, 1.807) is 13.2 Å². The van der Waals surface area contributed by atoms with Gasteiger partial charge < -0.3 is 34.7 Å². The molecule has 4 aliphatic rings. The molecular formula is C36H35N5O5. The van der Waals surface area contributed by atoms with Crippen molar-refractivity contribution in [3.63, 3.8) is 0 Å². The number of aromatic hydroxyl groups is 1. The summed E-state index contributed by atoms with van der Waals surface area (Å²) in [6, 6.07) is 16.7. The molecule has 3 saturated carbocycles. The molecule has 5 aromatic rings. The van der Waals surface area contributed by atoms with E-state index in [0.717, 1.165) is 65.7 Å². The Hall–Kier alpha value is -4.83. The number of aryl methyl sites for hydroxylation is 1. The van der Waals surface area contributed by atoms with Crippen molar-refractivity contribution in [1.82, 2.24) is 19.0 Å². The molecule has 9 rings (SSSR count). The summed E-state index contributed by atoms with van der Waals surface area (Å²) in [5.74, 6) is 1.36. The van der Waals surface area contributed by atoms with Crippen LogP contribution in [0.2, 0.25) is 0 Å². The Morgan fingerprint density at radius 3 is 2.61 bits per heavy atom. The number of methoxy groups -OCH3 is 1. The van der Waals surface area contributed by atoms with Gasteiger partial charge >= 0.3 is 5.97 Å². The van der Waals surface area contributed by atoms with E-state index in [4.69, 9.17) is 15.5 Å². The zero-order chi connectivity index (χ0) is 31.6. The molecule has 3 aliphatic carbocycles. The molecule has 46 heavy (non-hydrogen) atoms. The molecule has 234 valence electrons. The van der Waals surface area contributed by atoms with E-state index < -0.39 is 5.97 Å². The van der Waals surface area contributed by atoms with Gasteiger partial charge in [0, 0.05) is 42.2 Å². The highest BCUT2D eigenvalue weighted by Gasteiger charge is 2.71. The minimum atomic E-state index is -1.18. The van der Waals surface area contributed by atoms with Gasteiger partial charge in [-0.25, -0.2) is 9.78 Å². The van der Waals surface area contributed by atoms with Gasteiger partial charge in [-0.05, 0) is 79.3 Å². The van der Waals surface area contributed by atoms with Crippen molar-refractivity contribution >= 4 is 33.8 Å². The number of fused-ring (bicyclic) bond motifs is 2. The second kappa shape index (κ2) is 9.35. The molecule has 1 aliphatic heterocycles. The topological polar surface area (TPSA) is 136 Å². The van der Waals surface area contributed by atoms with Crippen LogP contribution in [0, 0.1) is 17.8 Å². The largest absolute Gasteiger partial charge is 0.507 e. The van der Waals surface area contributed by atoms with Crippen molar-refractivity contribution in [3.05, 3.63) is 65.7 Å². The first-order chi connectivity index (χ1) is 22.2. The molecule has 1 amide bonds. The first-order valence-corrected chi connectivity index (χ1v) is 16.0. The first kappa shape index (κ1) is 27.5. The molecule has 0 spiro atoms. The lowest BCUT2D eigenvalue weighted by molar-refractivity contribution is -0.0520. The SMILES string of the molecule is COc1cc(C(=O)N2C[C@H]3CC4C[C@@H]2[C@@]43N)cc2nc(-c3cc4cccc(-c5ccc(O)c(C(=O)O)c5)c4n3CC3CC3)n(C)c12. The number of hydrogen-bond donors (Lipinski definition) is 3. The molecule has 10 heteroatoms. The van der Waals surface area contributed by atoms with E-state index in [-0.39, 0.29) is 28.8 Å². The number of carboxylic acid groups (broad SMARTS) is 1. The number of carbonyl (C=O) groups is 2. The van der Waals surface area contributed by atoms with E-state index in [2.05, 4.69) is 16.7 Å². The Morgan fingerprint density at radius 1 is 1.07 bits per heavy atom. The highest BCUT2D eigenvalue weighted by molar-refractivity contribution is 6.02. The maximum atomic E-state index is 13.9. The molecular weight excluding hydrogens is 582 g/mol. The number of ether oxygens (including phenoxy) is 1. The van der Waals surface area contributed by atoms with E-state index in [1.807, 2.05) is 40.8 Å².